The third kappa shape index (κ3) is 1.89. The fourth-order valence-corrected chi connectivity index (χ4v) is 5.60. The van der Waals surface area contributed by atoms with Crippen molar-refractivity contribution in [1.82, 2.24) is 0 Å². The molecule has 0 bridgehead atoms. The van der Waals surface area contributed by atoms with E-state index in [1.807, 2.05) is 0 Å². The van der Waals surface area contributed by atoms with E-state index in [1.165, 1.54) is 32.1 Å². The molecule has 0 amide bonds. The summed E-state index contributed by atoms with van der Waals surface area (Å²) in [4.78, 5) is 0. The number of fused-ring (bicyclic) bond motifs is 5. The summed E-state index contributed by atoms with van der Waals surface area (Å²) < 4.78 is 5.41. The number of benzene rings is 1. The van der Waals surface area contributed by atoms with Crippen LogP contribution < -0.4 is 4.74 Å². The number of rotatable bonds is 1. The summed E-state index contributed by atoms with van der Waals surface area (Å²) >= 11 is 0. The molecule has 0 aliphatic heterocycles. The molecule has 4 atom stereocenters. The molecule has 0 radical (unpaired) electrons. The van der Waals surface area contributed by atoms with Crippen LogP contribution in [-0.4, -0.2) is 7.11 Å². The second-order valence-electron chi connectivity index (χ2n) is 7.70. The Labute approximate surface area is 128 Å². The first kappa shape index (κ1) is 13.4. The molecule has 3 aliphatic rings. The predicted molar refractivity (Wildman–Crippen MR) is 86.8 cm³/mol. The fraction of sp³-hybridized carbons (Fsp3) is 0.600. The van der Waals surface area contributed by atoms with Crippen LogP contribution in [0.15, 0.2) is 29.8 Å². The third-order valence-corrected chi connectivity index (χ3v) is 6.60. The molecular formula is C20H26O. The SMILES string of the molecule is COc1ccc2c(c1)CC[C@@H]1[C@@H]2CC[C@]2(C)CC=C(C)[C@@H]12. The molecule has 1 aromatic rings. The van der Waals surface area contributed by atoms with Gasteiger partial charge in [-0.2, -0.15) is 0 Å². The number of hydrogen-bond acceptors (Lipinski definition) is 1. The molecule has 0 unspecified atom stereocenters. The first-order valence-electron chi connectivity index (χ1n) is 8.46. The lowest BCUT2D eigenvalue weighted by Crippen LogP contribution is -2.40. The minimum absolute atomic E-state index is 0.551. The average molecular weight is 282 g/mol. The number of ether oxygens (including phenoxy) is 1. The maximum absolute atomic E-state index is 5.41. The van der Waals surface area contributed by atoms with Crippen LogP contribution in [0.1, 0.15) is 56.6 Å². The highest BCUT2D eigenvalue weighted by atomic mass is 16.5. The summed E-state index contributed by atoms with van der Waals surface area (Å²) in [6.07, 6.45) is 9.18. The van der Waals surface area contributed by atoms with E-state index >= 15 is 0 Å². The van der Waals surface area contributed by atoms with E-state index in [4.69, 9.17) is 4.74 Å². The van der Waals surface area contributed by atoms with Gasteiger partial charge in [-0.05, 0) is 85.5 Å². The van der Waals surface area contributed by atoms with Gasteiger partial charge >= 0.3 is 0 Å². The normalized spacial score (nSPS) is 37.3. The number of aryl methyl sites for hydroxylation is 1. The van der Waals surface area contributed by atoms with E-state index in [0.29, 0.717) is 5.41 Å². The number of methoxy groups -OCH3 is 1. The van der Waals surface area contributed by atoms with Gasteiger partial charge in [0.25, 0.3) is 0 Å². The molecule has 112 valence electrons. The van der Waals surface area contributed by atoms with Gasteiger partial charge in [-0.3, -0.25) is 0 Å². The lowest BCUT2D eigenvalue weighted by molar-refractivity contribution is 0.0723. The van der Waals surface area contributed by atoms with Crippen LogP contribution in [0.5, 0.6) is 5.75 Å². The van der Waals surface area contributed by atoms with Crippen molar-refractivity contribution in [3.05, 3.63) is 41.0 Å². The van der Waals surface area contributed by atoms with E-state index in [0.717, 1.165) is 23.5 Å². The zero-order valence-electron chi connectivity index (χ0n) is 13.5. The molecule has 0 spiro atoms. The molecule has 0 N–H and O–H groups in total. The van der Waals surface area contributed by atoms with Gasteiger partial charge in [-0.1, -0.05) is 24.6 Å². The molecule has 1 aromatic carbocycles. The van der Waals surface area contributed by atoms with E-state index in [-0.39, 0.29) is 0 Å². The largest absolute Gasteiger partial charge is 0.497 e. The summed E-state index contributed by atoms with van der Waals surface area (Å²) in [6.45, 7) is 4.91. The highest BCUT2D eigenvalue weighted by Gasteiger charge is 2.50. The van der Waals surface area contributed by atoms with Crippen molar-refractivity contribution in [2.75, 3.05) is 7.11 Å². The van der Waals surface area contributed by atoms with Gasteiger partial charge in [0.05, 0.1) is 7.11 Å². The molecule has 0 heterocycles. The summed E-state index contributed by atoms with van der Waals surface area (Å²) in [6, 6.07) is 6.78. The zero-order chi connectivity index (χ0) is 14.6. The Kier molecular flexibility index (Phi) is 2.96. The quantitative estimate of drug-likeness (QED) is 0.651. The molecule has 1 nitrogen and oxygen atoms in total. The molecular weight excluding hydrogens is 256 g/mol. The fourth-order valence-electron chi connectivity index (χ4n) is 5.60. The second-order valence-corrected chi connectivity index (χ2v) is 7.70. The minimum Gasteiger partial charge on any atom is -0.497 e. The van der Waals surface area contributed by atoms with Crippen LogP contribution in [0.4, 0.5) is 0 Å². The van der Waals surface area contributed by atoms with Crippen molar-refractivity contribution in [3.8, 4) is 5.75 Å². The van der Waals surface area contributed by atoms with Crippen LogP contribution in [0.3, 0.4) is 0 Å². The van der Waals surface area contributed by atoms with Crippen molar-refractivity contribution in [2.24, 2.45) is 17.3 Å². The van der Waals surface area contributed by atoms with Crippen LogP contribution in [0.2, 0.25) is 0 Å². The molecule has 4 rings (SSSR count). The molecule has 3 aliphatic carbocycles. The van der Waals surface area contributed by atoms with E-state index in [9.17, 15) is 0 Å². The highest BCUT2D eigenvalue weighted by Crippen LogP contribution is 2.60. The molecule has 1 fully saturated rings. The summed E-state index contributed by atoms with van der Waals surface area (Å²) in [5, 5.41) is 0. The van der Waals surface area contributed by atoms with Crippen molar-refractivity contribution < 1.29 is 4.74 Å². The summed E-state index contributed by atoms with van der Waals surface area (Å²) in [7, 11) is 1.77. The van der Waals surface area contributed by atoms with Crippen LogP contribution in [-0.2, 0) is 6.42 Å². The zero-order valence-corrected chi connectivity index (χ0v) is 13.5. The number of allylic oxidation sites excluding steroid dienone is 2. The summed E-state index contributed by atoms with van der Waals surface area (Å²) in [5.74, 6) is 3.49. The van der Waals surface area contributed by atoms with Crippen LogP contribution in [0, 0.1) is 17.3 Å². The Bertz CT molecular complexity index is 600. The smallest absolute Gasteiger partial charge is 0.119 e. The standard InChI is InChI=1S/C20H26O/c1-13-8-10-20(2)11-9-17-16-7-5-15(21-3)12-14(16)4-6-18(17)19(13)20/h5,7-8,12,17-19H,4,6,9-11H2,1-3H3/t17-,18-,19+,20+/m1/s1. The highest BCUT2D eigenvalue weighted by molar-refractivity contribution is 5.41. The van der Waals surface area contributed by atoms with Crippen molar-refractivity contribution in [1.29, 1.82) is 0 Å². The lowest BCUT2D eigenvalue weighted by Gasteiger charge is -2.50. The number of hydrogen-bond donors (Lipinski definition) is 0. The Balaban J connectivity index is 1.72. The maximum Gasteiger partial charge on any atom is 0.119 e. The molecule has 0 saturated heterocycles. The minimum atomic E-state index is 0.551. The van der Waals surface area contributed by atoms with Gasteiger partial charge in [0.15, 0.2) is 0 Å². The summed E-state index contributed by atoms with van der Waals surface area (Å²) in [5.41, 5.74) is 5.38. The van der Waals surface area contributed by atoms with Crippen LogP contribution >= 0.6 is 0 Å². The second kappa shape index (κ2) is 4.63. The Morgan fingerprint density at radius 2 is 2.10 bits per heavy atom. The van der Waals surface area contributed by atoms with Gasteiger partial charge in [-0.25, -0.2) is 0 Å². The van der Waals surface area contributed by atoms with Crippen molar-refractivity contribution in [2.45, 2.75) is 51.9 Å². The lowest BCUT2D eigenvalue weighted by atomic mass is 9.54. The Morgan fingerprint density at radius 3 is 2.90 bits per heavy atom. The first-order valence-corrected chi connectivity index (χ1v) is 8.46. The average Bonchev–Trinajstić information content (AvgIpc) is 2.82. The first-order chi connectivity index (χ1) is 10.1. The molecule has 1 heteroatoms. The van der Waals surface area contributed by atoms with Gasteiger partial charge in [-0.15, -0.1) is 0 Å². The molecule has 0 aromatic heterocycles. The van der Waals surface area contributed by atoms with Gasteiger partial charge in [0, 0.05) is 0 Å². The topological polar surface area (TPSA) is 9.23 Å². The van der Waals surface area contributed by atoms with Crippen LogP contribution in [0.25, 0.3) is 0 Å². The monoisotopic (exact) mass is 282 g/mol. The van der Waals surface area contributed by atoms with Gasteiger partial charge < -0.3 is 4.74 Å². The van der Waals surface area contributed by atoms with E-state index in [1.54, 1.807) is 23.8 Å². The van der Waals surface area contributed by atoms with Crippen molar-refractivity contribution in [3.63, 3.8) is 0 Å². The predicted octanol–water partition coefficient (Wildman–Crippen LogP) is 5.11. The molecule has 21 heavy (non-hydrogen) atoms. The Hall–Kier alpha value is -1.24. The van der Waals surface area contributed by atoms with Gasteiger partial charge in [0.2, 0.25) is 0 Å². The van der Waals surface area contributed by atoms with Crippen molar-refractivity contribution >= 4 is 0 Å². The van der Waals surface area contributed by atoms with Gasteiger partial charge in [0.1, 0.15) is 5.75 Å². The molecule has 1 saturated carbocycles. The van der Waals surface area contributed by atoms with E-state index < -0.39 is 0 Å². The van der Waals surface area contributed by atoms with E-state index in [2.05, 4.69) is 38.1 Å². The third-order valence-electron chi connectivity index (χ3n) is 6.60. The Morgan fingerprint density at radius 1 is 1.24 bits per heavy atom. The maximum atomic E-state index is 5.41.